The summed E-state index contributed by atoms with van der Waals surface area (Å²) in [6, 6.07) is 0. The van der Waals surface area contributed by atoms with Crippen molar-refractivity contribution in [2.45, 2.75) is 53.4 Å². The van der Waals surface area contributed by atoms with Crippen molar-refractivity contribution in [3.8, 4) is 0 Å². The van der Waals surface area contributed by atoms with Crippen LogP contribution in [0.4, 0.5) is 0 Å². The van der Waals surface area contributed by atoms with Gasteiger partial charge in [-0.3, -0.25) is 4.79 Å². The molecule has 0 bridgehead atoms. The normalized spacial score (nSPS) is 32.2. The average Bonchev–Trinajstić information content (AvgIpc) is 2.80. The van der Waals surface area contributed by atoms with Crippen molar-refractivity contribution in [2.24, 2.45) is 17.3 Å². The molecule has 3 rings (SSSR count). The Bertz CT molecular complexity index is 647. The van der Waals surface area contributed by atoms with Crippen molar-refractivity contribution in [3.05, 3.63) is 47.0 Å². The monoisotopic (exact) mass is 298 g/mol. The fourth-order valence-electron chi connectivity index (χ4n) is 4.15. The van der Waals surface area contributed by atoms with Crippen molar-refractivity contribution in [2.75, 3.05) is 0 Å². The van der Waals surface area contributed by atoms with Crippen LogP contribution >= 0.6 is 0 Å². The van der Waals surface area contributed by atoms with Crippen molar-refractivity contribution >= 4 is 5.78 Å². The van der Waals surface area contributed by atoms with Crippen LogP contribution in [0.2, 0.25) is 0 Å². The van der Waals surface area contributed by atoms with E-state index in [1.807, 2.05) is 12.3 Å². The Balaban J connectivity index is 2.09. The molecule has 2 heteroatoms. The van der Waals surface area contributed by atoms with Gasteiger partial charge in [0.05, 0.1) is 6.26 Å². The van der Waals surface area contributed by atoms with Crippen LogP contribution in [0.25, 0.3) is 0 Å². The van der Waals surface area contributed by atoms with Gasteiger partial charge in [0.15, 0.2) is 5.78 Å². The molecule has 22 heavy (non-hydrogen) atoms. The molecule has 0 aromatic carbocycles. The third-order valence-electron chi connectivity index (χ3n) is 5.78. The SMILES string of the molecule is CC1=CCC[C@@]2(C)C(=O)C=C[C@@H](C)[C@@H]2Cc2c(C)coc2C1. The van der Waals surface area contributed by atoms with Crippen molar-refractivity contribution in [1.82, 2.24) is 0 Å². The number of carbonyl (C=O) groups is 1. The van der Waals surface area contributed by atoms with Gasteiger partial charge in [0.25, 0.3) is 0 Å². The minimum Gasteiger partial charge on any atom is -0.468 e. The van der Waals surface area contributed by atoms with Crippen LogP contribution in [0.3, 0.4) is 0 Å². The summed E-state index contributed by atoms with van der Waals surface area (Å²) in [5.41, 5.74) is 3.62. The van der Waals surface area contributed by atoms with Crippen LogP contribution in [0.1, 0.15) is 50.5 Å². The van der Waals surface area contributed by atoms with E-state index < -0.39 is 0 Å². The zero-order valence-corrected chi connectivity index (χ0v) is 14.1. The van der Waals surface area contributed by atoms with Crippen molar-refractivity contribution in [3.63, 3.8) is 0 Å². The van der Waals surface area contributed by atoms with E-state index in [4.69, 9.17) is 4.42 Å². The smallest absolute Gasteiger partial charge is 0.161 e. The molecule has 2 aliphatic carbocycles. The lowest BCUT2D eigenvalue weighted by Crippen LogP contribution is -2.42. The molecule has 0 saturated heterocycles. The molecule has 0 amide bonds. The van der Waals surface area contributed by atoms with E-state index in [0.717, 1.165) is 31.4 Å². The van der Waals surface area contributed by atoms with Gasteiger partial charge in [-0.2, -0.15) is 0 Å². The summed E-state index contributed by atoms with van der Waals surface area (Å²) < 4.78 is 5.82. The molecule has 0 fully saturated rings. The Morgan fingerprint density at radius 2 is 2.09 bits per heavy atom. The molecule has 0 radical (unpaired) electrons. The Morgan fingerprint density at radius 3 is 2.86 bits per heavy atom. The van der Waals surface area contributed by atoms with Crippen LogP contribution in [0, 0.1) is 24.2 Å². The maximum Gasteiger partial charge on any atom is 0.161 e. The van der Waals surface area contributed by atoms with Gasteiger partial charge >= 0.3 is 0 Å². The van der Waals surface area contributed by atoms with E-state index >= 15 is 0 Å². The fourth-order valence-corrected chi connectivity index (χ4v) is 4.15. The molecule has 1 aromatic heterocycles. The topological polar surface area (TPSA) is 30.2 Å². The van der Waals surface area contributed by atoms with Gasteiger partial charge in [-0.05, 0) is 62.1 Å². The van der Waals surface area contributed by atoms with Gasteiger partial charge < -0.3 is 4.42 Å². The first kappa shape index (κ1) is 15.3. The molecule has 3 atom stereocenters. The molecule has 2 nitrogen and oxygen atoms in total. The zero-order chi connectivity index (χ0) is 15.9. The number of hydrogen-bond acceptors (Lipinski definition) is 2. The molecule has 0 aliphatic heterocycles. The largest absolute Gasteiger partial charge is 0.468 e. The minimum absolute atomic E-state index is 0.261. The first-order valence-electron chi connectivity index (χ1n) is 8.36. The standard InChI is InChI=1S/C20H26O2/c1-13-6-5-9-20(4)17(14(2)7-8-19(20)21)11-16-15(3)12-22-18(16)10-13/h6-8,12,14,17H,5,9-11H2,1-4H3/t14-,17+,20-/m1/s1. The van der Waals surface area contributed by atoms with E-state index in [9.17, 15) is 4.79 Å². The quantitative estimate of drug-likeness (QED) is 0.643. The van der Waals surface area contributed by atoms with E-state index in [1.54, 1.807) is 0 Å². The second kappa shape index (κ2) is 5.57. The van der Waals surface area contributed by atoms with Gasteiger partial charge in [0, 0.05) is 11.8 Å². The minimum atomic E-state index is -0.261. The molecular weight excluding hydrogens is 272 g/mol. The summed E-state index contributed by atoms with van der Waals surface area (Å²) in [5.74, 6) is 2.16. The Hall–Kier alpha value is -1.57. The third-order valence-corrected chi connectivity index (χ3v) is 5.78. The van der Waals surface area contributed by atoms with Crippen molar-refractivity contribution < 1.29 is 9.21 Å². The highest BCUT2D eigenvalue weighted by Crippen LogP contribution is 2.45. The van der Waals surface area contributed by atoms with Crippen LogP contribution in [-0.2, 0) is 17.6 Å². The number of allylic oxidation sites excluding steroid dienone is 4. The fraction of sp³-hybridized carbons (Fsp3) is 0.550. The Kier molecular flexibility index (Phi) is 3.88. The maximum atomic E-state index is 12.6. The van der Waals surface area contributed by atoms with Crippen LogP contribution in [0.5, 0.6) is 0 Å². The number of hydrogen-bond donors (Lipinski definition) is 0. The van der Waals surface area contributed by atoms with Crippen LogP contribution < -0.4 is 0 Å². The summed E-state index contributed by atoms with van der Waals surface area (Å²) in [5, 5.41) is 0. The van der Waals surface area contributed by atoms with Gasteiger partial charge in [0.1, 0.15) is 5.76 Å². The number of fused-ring (bicyclic) bond motifs is 2. The molecule has 2 aliphatic rings. The zero-order valence-electron chi connectivity index (χ0n) is 14.1. The predicted octanol–water partition coefficient (Wildman–Crippen LogP) is 4.81. The highest BCUT2D eigenvalue weighted by atomic mass is 16.3. The second-order valence-electron chi connectivity index (χ2n) is 7.40. The Labute approximate surface area is 133 Å². The highest BCUT2D eigenvalue weighted by Gasteiger charge is 2.44. The van der Waals surface area contributed by atoms with Crippen LogP contribution in [0.15, 0.2) is 34.5 Å². The molecule has 1 heterocycles. The Morgan fingerprint density at radius 1 is 1.32 bits per heavy atom. The first-order valence-corrected chi connectivity index (χ1v) is 8.36. The van der Waals surface area contributed by atoms with Crippen LogP contribution in [-0.4, -0.2) is 5.78 Å². The summed E-state index contributed by atoms with van der Waals surface area (Å²) in [6.07, 6.45) is 11.8. The lowest BCUT2D eigenvalue weighted by Gasteiger charge is -2.41. The third kappa shape index (κ3) is 2.49. The molecule has 0 unspecified atom stereocenters. The van der Waals surface area contributed by atoms with Gasteiger partial charge in [-0.25, -0.2) is 0 Å². The number of ketones is 1. The highest BCUT2D eigenvalue weighted by molar-refractivity contribution is 5.95. The number of furan rings is 1. The number of rotatable bonds is 0. The van der Waals surface area contributed by atoms with E-state index in [-0.39, 0.29) is 5.41 Å². The van der Waals surface area contributed by atoms with E-state index in [2.05, 4.69) is 39.8 Å². The van der Waals surface area contributed by atoms with Gasteiger partial charge in [0.2, 0.25) is 0 Å². The van der Waals surface area contributed by atoms with Gasteiger partial charge in [-0.15, -0.1) is 0 Å². The summed E-state index contributed by atoms with van der Waals surface area (Å²) >= 11 is 0. The molecule has 0 N–H and O–H groups in total. The lowest BCUT2D eigenvalue weighted by atomic mass is 9.61. The predicted molar refractivity (Wildman–Crippen MR) is 88.8 cm³/mol. The molecule has 1 aromatic rings. The maximum absolute atomic E-state index is 12.6. The molecular formula is C20H26O2. The summed E-state index contributed by atoms with van der Waals surface area (Å²) in [6.45, 7) is 8.69. The molecule has 118 valence electrons. The second-order valence-corrected chi connectivity index (χ2v) is 7.40. The van der Waals surface area contributed by atoms with Gasteiger partial charge in [-0.1, -0.05) is 31.6 Å². The molecule has 0 saturated carbocycles. The summed E-state index contributed by atoms with van der Waals surface area (Å²) in [4.78, 5) is 12.6. The number of aryl methyl sites for hydroxylation is 1. The van der Waals surface area contributed by atoms with E-state index in [1.165, 1.54) is 16.7 Å². The van der Waals surface area contributed by atoms with E-state index in [0.29, 0.717) is 17.6 Å². The summed E-state index contributed by atoms with van der Waals surface area (Å²) in [7, 11) is 0. The lowest BCUT2D eigenvalue weighted by molar-refractivity contribution is -0.128. The molecule has 0 spiro atoms. The van der Waals surface area contributed by atoms with Crippen molar-refractivity contribution in [1.29, 1.82) is 0 Å². The average molecular weight is 298 g/mol. The number of carbonyl (C=O) groups excluding carboxylic acids is 1. The first-order chi connectivity index (χ1) is 10.4.